The minimum Gasteiger partial charge on any atom is -0.483 e. The zero-order valence-corrected chi connectivity index (χ0v) is 12.6. The van der Waals surface area contributed by atoms with Gasteiger partial charge in [0.25, 0.3) is 0 Å². The molecule has 18 heavy (non-hydrogen) atoms. The maximum absolute atomic E-state index is 6.17. The van der Waals surface area contributed by atoms with E-state index in [1.165, 1.54) is 0 Å². The lowest BCUT2D eigenvalue weighted by Gasteiger charge is -2.19. The number of ether oxygens (including phenoxy) is 1. The van der Waals surface area contributed by atoms with Crippen molar-refractivity contribution in [1.29, 1.82) is 0 Å². The van der Waals surface area contributed by atoms with Crippen molar-refractivity contribution in [1.82, 2.24) is 0 Å². The molecule has 4 heteroatoms. The first kappa shape index (κ1) is 13.6. The fraction of sp³-hybridized carbons (Fsp3) is 0.143. The van der Waals surface area contributed by atoms with E-state index in [4.69, 9.17) is 22.1 Å². The van der Waals surface area contributed by atoms with Gasteiger partial charge in [-0.3, -0.25) is 0 Å². The molecule has 0 saturated heterocycles. The molecule has 0 heterocycles. The van der Waals surface area contributed by atoms with Gasteiger partial charge in [0.05, 0.1) is 3.57 Å². The van der Waals surface area contributed by atoms with Gasteiger partial charge in [0.1, 0.15) is 11.9 Å². The van der Waals surface area contributed by atoms with Crippen LogP contribution >= 0.6 is 34.2 Å². The summed E-state index contributed by atoms with van der Waals surface area (Å²) in [6.07, 6.45) is -0.227. The molecule has 0 radical (unpaired) electrons. The Hall–Kier alpha value is -0.780. The monoisotopic (exact) mass is 373 g/mol. The molecule has 0 bridgehead atoms. The largest absolute Gasteiger partial charge is 0.483 e. The molecule has 0 spiro atoms. The molecule has 1 unspecified atom stereocenters. The van der Waals surface area contributed by atoms with Crippen molar-refractivity contribution in [3.63, 3.8) is 0 Å². The minimum absolute atomic E-state index is 0.227. The number of para-hydroxylation sites is 1. The topological polar surface area (TPSA) is 35.2 Å². The van der Waals surface area contributed by atoms with Crippen LogP contribution in [-0.2, 0) is 0 Å². The zero-order valence-electron chi connectivity index (χ0n) is 9.64. The van der Waals surface area contributed by atoms with Gasteiger partial charge in [-0.25, -0.2) is 0 Å². The maximum Gasteiger partial charge on any atom is 0.137 e. The second-order valence-electron chi connectivity index (χ2n) is 3.79. The highest BCUT2D eigenvalue weighted by atomic mass is 127. The summed E-state index contributed by atoms with van der Waals surface area (Å²) in [5, 5.41) is 0.680. The second kappa shape index (κ2) is 6.41. The quantitative estimate of drug-likeness (QED) is 0.822. The standard InChI is InChI=1S/C14H13ClINO/c15-11-6-2-1-5-10(11)14(9-17)18-13-8-4-3-7-12(13)16/h1-8,14H,9,17H2. The van der Waals surface area contributed by atoms with Gasteiger partial charge in [0.15, 0.2) is 0 Å². The van der Waals surface area contributed by atoms with Crippen molar-refractivity contribution < 1.29 is 4.74 Å². The van der Waals surface area contributed by atoms with Crippen LogP contribution in [-0.4, -0.2) is 6.54 Å². The molecular weight excluding hydrogens is 361 g/mol. The SMILES string of the molecule is NCC(Oc1ccccc1I)c1ccccc1Cl. The molecular formula is C14H13ClINO. The van der Waals surface area contributed by atoms with Gasteiger partial charge in [-0.05, 0) is 40.8 Å². The Bertz CT molecular complexity index is 533. The van der Waals surface area contributed by atoms with Crippen LogP contribution in [0.1, 0.15) is 11.7 Å². The molecule has 2 nitrogen and oxygen atoms in total. The van der Waals surface area contributed by atoms with Gasteiger partial charge >= 0.3 is 0 Å². The summed E-state index contributed by atoms with van der Waals surface area (Å²) in [5.41, 5.74) is 6.70. The summed E-state index contributed by atoms with van der Waals surface area (Å²) in [6.45, 7) is 0.384. The number of benzene rings is 2. The molecule has 0 aliphatic heterocycles. The molecule has 0 aromatic heterocycles. The molecule has 0 aliphatic carbocycles. The molecule has 1 atom stereocenters. The number of halogens is 2. The third-order valence-corrected chi connectivity index (χ3v) is 3.81. The predicted molar refractivity (Wildman–Crippen MR) is 83.0 cm³/mol. The van der Waals surface area contributed by atoms with Crippen molar-refractivity contribution in [2.45, 2.75) is 6.10 Å². The summed E-state index contributed by atoms with van der Waals surface area (Å²) in [7, 11) is 0. The predicted octanol–water partition coefficient (Wildman–Crippen LogP) is 4.02. The fourth-order valence-corrected chi connectivity index (χ4v) is 2.44. The molecule has 2 aromatic carbocycles. The lowest BCUT2D eigenvalue weighted by molar-refractivity contribution is 0.212. The highest BCUT2D eigenvalue weighted by Gasteiger charge is 2.15. The van der Waals surface area contributed by atoms with Crippen LogP contribution in [0.4, 0.5) is 0 Å². The fourth-order valence-electron chi connectivity index (χ4n) is 1.67. The summed E-state index contributed by atoms with van der Waals surface area (Å²) in [4.78, 5) is 0. The Morgan fingerprint density at radius 1 is 1.11 bits per heavy atom. The molecule has 2 rings (SSSR count). The normalized spacial score (nSPS) is 12.2. The van der Waals surface area contributed by atoms with Crippen LogP contribution in [0.3, 0.4) is 0 Å². The lowest BCUT2D eigenvalue weighted by Crippen LogP contribution is -2.19. The molecule has 2 aromatic rings. The number of hydrogen-bond acceptors (Lipinski definition) is 2. The van der Waals surface area contributed by atoms with Crippen molar-refractivity contribution >= 4 is 34.2 Å². The molecule has 94 valence electrons. The summed E-state index contributed by atoms with van der Waals surface area (Å²) in [6, 6.07) is 15.5. The van der Waals surface area contributed by atoms with Gasteiger partial charge < -0.3 is 10.5 Å². The van der Waals surface area contributed by atoms with E-state index in [0.717, 1.165) is 14.9 Å². The molecule has 0 amide bonds. The molecule has 0 saturated carbocycles. The van der Waals surface area contributed by atoms with Crippen LogP contribution in [0.15, 0.2) is 48.5 Å². The minimum atomic E-state index is -0.227. The van der Waals surface area contributed by atoms with Crippen molar-refractivity contribution in [2.24, 2.45) is 5.73 Å². The van der Waals surface area contributed by atoms with Crippen molar-refractivity contribution in [3.05, 3.63) is 62.7 Å². The third kappa shape index (κ3) is 3.16. The Morgan fingerprint density at radius 3 is 2.44 bits per heavy atom. The number of hydrogen-bond donors (Lipinski definition) is 1. The Balaban J connectivity index is 2.26. The van der Waals surface area contributed by atoms with E-state index in [1.807, 2.05) is 48.5 Å². The van der Waals surface area contributed by atoms with E-state index in [2.05, 4.69) is 22.6 Å². The van der Waals surface area contributed by atoms with E-state index in [9.17, 15) is 0 Å². The number of nitrogens with two attached hydrogens (primary N) is 1. The van der Waals surface area contributed by atoms with Gasteiger partial charge in [0.2, 0.25) is 0 Å². The lowest BCUT2D eigenvalue weighted by atomic mass is 10.1. The average Bonchev–Trinajstić information content (AvgIpc) is 2.39. The van der Waals surface area contributed by atoms with Crippen LogP contribution in [0.25, 0.3) is 0 Å². The van der Waals surface area contributed by atoms with Gasteiger partial charge in [-0.1, -0.05) is 41.9 Å². The Kier molecular flexibility index (Phi) is 4.86. The second-order valence-corrected chi connectivity index (χ2v) is 5.36. The molecule has 2 N–H and O–H groups in total. The summed E-state index contributed by atoms with van der Waals surface area (Å²) >= 11 is 8.41. The molecule has 0 fully saturated rings. The van der Waals surface area contributed by atoms with Crippen molar-refractivity contribution in [3.8, 4) is 5.75 Å². The van der Waals surface area contributed by atoms with Crippen molar-refractivity contribution in [2.75, 3.05) is 6.54 Å². The van der Waals surface area contributed by atoms with Crippen LogP contribution in [0.5, 0.6) is 5.75 Å². The van der Waals surface area contributed by atoms with Crippen LogP contribution in [0.2, 0.25) is 5.02 Å². The van der Waals surface area contributed by atoms with Crippen LogP contribution < -0.4 is 10.5 Å². The van der Waals surface area contributed by atoms with E-state index in [0.29, 0.717) is 11.6 Å². The molecule has 0 aliphatic rings. The smallest absolute Gasteiger partial charge is 0.137 e. The van der Waals surface area contributed by atoms with Gasteiger partial charge in [0, 0.05) is 17.1 Å². The first-order valence-electron chi connectivity index (χ1n) is 5.58. The van der Waals surface area contributed by atoms with E-state index in [-0.39, 0.29) is 6.10 Å². The van der Waals surface area contributed by atoms with Gasteiger partial charge in [-0.15, -0.1) is 0 Å². The number of rotatable bonds is 4. The first-order chi connectivity index (χ1) is 8.72. The average molecular weight is 374 g/mol. The summed E-state index contributed by atoms with van der Waals surface area (Å²) in [5.74, 6) is 0.827. The Labute approximate surface area is 125 Å². The zero-order chi connectivity index (χ0) is 13.0. The van der Waals surface area contributed by atoms with Gasteiger partial charge in [-0.2, -0.15) is 0 Å². The highest BCUT2D eigenvalue weighted by molar-refractivity contribution is 14.1. The van der Waals surface area contributed by atoms with Crippen LogP contribution in [0, 0.1) is 3.57 Å². The third-order valence-electron chi connectivity index (χ3n) is 2.57. The Morgan fingerprint density at radius 2 is 1.78 bits per heavy atom. The van der Waals surface area contributed by atoms with E-state index in [1.54, 1.807) is 0 Å². The van der Waals surface area contributed by atoms with E-state index >= 15 is 0 Å². The van der Waals surface area contributed by atoms with E-state index < -0.39 is 0 Å². The highest BCUT2D eigenvalue weighted by Crippen LogP contribution is 2.29. The summed E-state index contributed by atoms with van der Waals surface area (Å²) < 4.78 is 7.00. The first-order valence-corrected chi connectivity index (χ1v) is 7.03. The maximum atomic E-state index is 6.17.